The number of aliphatic carboxylic acids is 2. The Morgan fingerprint density at radius 1 is 0.894 bits per heavy atom. The van der Waals surface area contributed by atoms with Crippen LogP contribution < -0.4 is 21.5 Å². The molecule has 2 amide bonds. The molecular formula is C44H51N8O13P. The lowest BCUT2D eigenvalue weighted by Crippen LogP contribution is -2.46. The average Bonchev–Trinajstić information content (AvgIpc) is 3.52. The van der Waals surface area contributed by atoms with Crippen LogP contribution in [0.25, 0.3) is 11.2 Å². The highest BCUT2D eigenvalue weighted by Gasteiger charge is 2.57. The summed E-state index contributed by atoms with van der Waals surface area (Å²) in [4.78, 5) is 108. The molecule has 0 spiro atoms. The third-order valence-electron chi connectivity index (χ3n) is 10.9. The lowest BCUT2D eigenvalue weighted by Gasteiger charge is -2.31. The van der Waals surface area contributed by atoms with Crippen LogP contribution in [0.15, 0.2) is 77.7 Å². The predicted molar refractivity (Wildman–Crippen MR) is 237 cm³/mol. The van der Waals surface area contributed by atoms with Crippen molar-refractivity contribution in [2.24, 2.45) is 11.8 Å². The normalized spacial score (nSPS) is 18.5. The van der Waals surface area contributed by atoms with E-state index < -0.39 is 73.5 Å². The number of carboxylic acids is 2. The summed E-state index contributed by atoms with van der Waals surface area (Å²) in [5.74, 6) is -6.80. The van der Waals surface area contributed by atoms with Crippen LogP contribution in [0.2, 0.25) is 0 Å². The molecule has 21 nitrogen and oxygen atoms in total. The van der Waals surface area contributed by atoms with Crippen molar-refractivity contribution in [3.63, 3.8) is 0 Å². The van der Waals surface area contributed by atoms with Crippen LogP contribution in [0.4, 0.5) is 11.6 Å². The lowest BCUT2D eigenvalue weighted by molar-refractivity contribution is -0.140. The third kappa shape index (κ3) is 12.4. The van der Waals surface area contributed by atoms with Crippen molar-refractivity contribution in [3.05, 3.63) is 100 Å². The molecule has 0 aliphatic carbocycles. The monoisotopic (exact) mass is 930 g/mol. The Morgan fingerprint density at radius 3 is 2.30 bits per heavy atom. The van der Waals surface area contributed by atoms with E-state index >= 15 is 0 Å². The number of phosphoric ester groups is 1. The number of unbranched alkanes of at least 4 members (excludes halogenated alkanes) is 2. The van der Waals surface area contributed by atoms with Gasteiger partial charge in [0.15, 0.2) is 16.9 Å². The number of hydrogen-bond acceptors (Lipinski definition) is 16. The van der Waals surface area contributed by atoms with Gasteiger partial charge in [-0.25, -0.2) is 19.3 Å². The molecule has 6 N–H and O–H groups in total. The Kier molecular flexibility index (Phi) is 16.8. The van der Waals surface area contributed by atoms with Gasteiger partial charge in [0.25, 0.3) is 11.5 Å². The summed E-state index contributed by atoms with van der Waals surface area (Å²) in [7, 11) is -3.68. The summed E-state index contributed by atoms with van der Waals surface area (Å²) < 4.78 is 28.4. The number of H-pyrrole nitrogens is 1. The zero-order valence-electron chi connectivity index (χ0n) is 36.2. The molecule has 2 aromatic carbocycles. The fourth-order valence-electron chi connectivity index (χ4n) is 7.91. The van der Waals surface area contributed by atoms with Gasteiger partial charge < -0.3 is 20.8 Å². The number of nitrogens with zero attached hydrogens (tertiary/aromatic N) is 4. The van der Waals surface area contributed by atoms with Crippen LogP contribution in [0.5, 0.6) is 0 Å². The molecule has 2 bridgehead atoms. The molecule has 22 heteroatoms. The topological polar surface area (TPSA) is 298 Å². The zero-order chi connectivity index (χ0) is 47.4. The number of phosphoric acid groups is 1. The quantitative estimate of drug-likeness (QED) is 0.0399. The van der Waals surface area contributed by atoms with Crippen molar-refractivity contribution in [3.8, 4) is 0 Å². The molecule has 4 heterocycles. The van der Waals surface area contributed by atoms with Gasteiger partial charge in [-0.1, -0.05) is 42.8 Å². The van der Waals surface area contributed by atoms with Gasteiger partial charge in [-0.05, 0) is 69.0 Å². The Labute approximate surface area is 378 Å². The summed E-state index contributed by atoms with van der Waals surface area (Å²) >= 11 is 0. The standard InChI is InChI=1S/C44H51N8O13P/c1-3-63-66(62,64-4-2)65-22-10-6-9-13-32(53)35-31-19-20-33(54)38(52(31)25-26-11-7-5-8-12-26)36(35)41(58)50-44-49-39-37(42(59)51-44)47-29(24-46-39)23-45-28-16-14-27(15-17-28)40(57)48-30(43(60)61)18-21-34(55)56/h5,7-8,11-12,14-17,19-20,24,30-31,35-36,38,45H,3-4,6,9-10,13,18,21-23,25H2,1-2H3,(H,48,57)(H,55,56)(H,60,61)(H2,46,49,50,51,58,59)/t30-,31+,35?,36?,38-/m1/s1. The number of Topliss-reactive ketones (excluding diaryl/α,β-unsaturated/α-hetero) is 1. The summed E-state index contributed by atoms with van der Waals surface area (Å²) in [5.41, 5.74) is 0.981. The van der Waals surface area contributed by atoms with Gasteiger partial charge in [0.1, 0.15) is 11.8 Å². The fourth-order valence-corrected chi connectivity index (χ4v) is 9.12. The maximum atomic E-state index is 14.3. The smallest absolute Gasteiger partial charge is 0.474 e. The van der Waals surface area contributed by atoms with Crippen LogP contribution >= 0.6 is 7.82 Å². The highest BCUT2D eigenvalue weighted by Crippen LogP contribution is 2.49. The molecule has 2 aliphatic rings. The first-order valence-electron chi connectivity index (χ1n) is 21.4. The Morgan fingerprint density at radius 2 is 1.62 bits per heavy atom. The van der Waals surface area contributed by atoms with Crippen molar-refractivity contribution in [2.75, 3.05) is 30.5 Å². The Balaban J connectivity index is 1.12. The number of anilines is 2. The van der Waals surface area contributed by atoms with Gasteiger partial charge in [0.2, 0.25) is 11.9 Å². The number of fused-ring (bicyclic) bond motifs is 3. The number of carboxylic acid groups (broad SMARTS) is 2. The minimum absolute atomic E-state index is 0.0831. The molecule has 66 heavy (non-hydrogen) atoms. The first-order valence-corrected chi connectivity index (χ1v) is 22.9. The molecule has 1 fully saturated rings. The second-order valence-corrected chi connectivity index (χ2v) is 17.1. The van der Waals surface area contributed by atoms with Crippen molar-refractivity contribution >= 4 is 65.9 Å². The van der Waals surface area contributed by atoms with Gasteiger partial charge in [0.05, 0.1) is 56.1 Å². The van der Waals surface area contributed by atoms with E-state index in [2.05, 4.69) is 35.9 Å². The van der Waals surface area contributed by atoms with Crippen LogP contribution in [0.3, 0.4) is 0 Å². The van der Waals surface area contributed by atoms with Crippen LogP contribution in [0.1, 0.15) is 74.0 Å². The number of amides is 2. The molecule has 2 aliphatic heterocycles. The number of aromatic nitrogens is 4. The van der Waals surface area contributed by atoms with Gasteiger partial charge >= 0.3 is 19.8 Å². The fraction of sp³-hybridized carbons (Fsp3) is 0.409. The number of benzene rings is 2. The van der Waals surface area contributed by atoms with Gasteiger partial charge in [0, 0.05) is 36.7 Å². The summed E-state index contributed by atoms with van der Waals surface area (Å²) in [5, 5.41) is 26.3. The number of rotatable bonds is 25. The van der Waals surface area contributed by atoms with E-state index in [1.54, 1.807) is 32.1 Å². The molecule has 0 saturated carbocycles. The molecule has 6 rings (SSSR count). The second-order valence-electron chi connectivity index (χ2n) is 15.5. The molecular weight excluding hydrogens is 880 g/mol. The number of hydrogen-bond donors (Lipinski definition) is 6. The first-order chi connectivity index (χ1) is 31.7. The number of nitrogens with one attached hydrogen (secondary N) is 4. The van der Waals surface area contributed by atoms with Crippen LogP contribution in [-0.2, 0) is 55.2 Å². The van der Waals surface area contributed by atoms with E-state index in [0.29, 0.717) is 37.2 Å². The van der Waals surface area contributed by atoms with Gasteiger partial charge in [-0.3, -0.25) is 57.5 Å². The molecule has 350 valence electrons. The molecule has 2 aromatic heterocycles. The van der Waals surface area contributed by atoms with Gasteiger partial charge in [-0.2, -0.15) is 4.98 Å². The second kappa shape index (κ2) is 22.6. The van der Waals surface area contributed by atoms with Crippen molar-refractivity contribution in [1.82, 2.24) is 30.2 Å². The zero-order valence-corrected chi connectivity index (χ0v) is 37.1. The Bertz CT molecular complexity index is 2550. The number of carbonyl (C=O) groups excluding carboxylic acids is 4. The minimum atomic E-state index is -3.68. The number of ketones is 2. The van der Waals surface area contributed by atoms with E-state index in [4.69, 9.17) is 18.7 Å². The van der Waals surface area contributed by atoms with E-state index in [0.717, 1.165) is 5.56 Å². The molecule has 4 aromatic rings. The largest absolute Gasteiger partial charge is 0.481 e. The SMILES string of the molecule is CCOP(=O)(OCC)OCCCCCC(=O)C1C(C(=O)Nc2nc3ncc(CNc4ccc(C(=O)N[C@H](CCC(=O)O)C(=O)O)cc4)nc3c(=O)[nH]2)[C@H]2C(=O)C=C[C@@H]1N2Cc1ccccc1. The minimum Gasteiger partial charge on any atom is -0.481 e. The van der Waals surface area contributed by atoms with Crippen LogP contribution in [-0.4, -0.2) is 108 Å². The molecule has 0 radical (unpaired) electrons. The summed E-state index contributed by atoms with van der Waals surface area (Å²) in [6.45, 7) is 4.13. The highest BCUT2D eigenvalue weighted by atomic mass is 31.2. The van der Waals surface area contributed by atoms with Crippen molar-refractivity contribution < 1.29 is 57.1 Å². The maximum absolute atomic E-state index is 14.3. The van der Waals surface area contributed by atoms with E-state index in [-0.39, 0.29) is 73.4 Å². The Hall–Kier alpha value is -6.51. The number of aromatic amines is 1. The van der Waals surface area contributed by atoms with Crippen LogP contribution in [0, 0.1) is 11.8 Å². The van der Waals surface area contributed by atoms with E-state index in [9.17, 15) is 43.2 Å². The van der Waals surface area contributed by atoms with E-state index in [1.165, 1.54) is 24.4 Å². The molecule has 2 unspecified atom stereocenters. The summed E-state index contributed by atoms with van der Waals surface area (Å²) in [6.07, 6.45) is 5.28. The van der Waals surface area contributed by atoms with Gasteiger partial charge in [-0.15, -0.1) is 0 Å². The van der Waals surface area contributed by atoms with Crippen molar-refractivity contribution in [1.29, 1.82) is 0 Å². The predicted octanol–water partition coefficient (Wildman–Crippen LogP) is 4.26. The maximum Gasteiger partial charge on any atom is 0.474 e. The molecule has 5 atom stereocenters. The van der Waals surface area contributed by atoms with E-state index in [1.807, 2.05) is 35.2 Å². The summed E-state index contributed by atoms with van der Waals surface area (Å²) in [6, 6.07) is 12.5. The van der Waals surface area contributed by atoms with Crippen molar-refractivity contribution in [2.45, 2.75) is 83.6 Å². The number of carbonyl (C=O) groups is 6. The lowest BCUT2D eigenvalue weighted by atomic mass is 9.82. The molecule has 1 saturated heterocycles. The average molecular weight is 931 g/mol. The third-order valence-corrected chi connectivity index (χ3v) is 12.6. The first kappa shape index (κ1) is 48.9. The highest BCUT2D eigenvalue weighted by molar-refractivity contribution is 7.48.